The monoisotopic (exact) mass is 212 g/mol. The summed E-state index contributed by atoms with van der Waals surface area (Å²) in [5.74, 6) is 0. The number of nitrogens with zero attached hydrogens (tertiary/aromatic N) is 2. The zero-order chi connectivity index (χ0) is 11.1. The quantitative estimate of drug-likeness (QED) is 0.747. The highest BCUT2D eigenvalue weighted by atomic mass is 16.6. The van der Waals surface area contributed by atoms with Gasteiger partial charge in [0.15, 0.2) is 0 Å². The van der Waals surface area contributed by atoms with Gasteiger partial charge >= 0.3 is 0 Å². The fourth-order valence-corrected chi connectivity index (χ4v) is 1.42. The van der Waals surface area contributed by atoms with Crippen molar-refractivity contribution in [3.63, 3.8) is 0 Å². The molecule has 0 amide bonds. The third-order valence-electron chi connectivity index (χ3n) is 2.05. The minimum atomic E-state index is 0.160. The third-order valence-corrected chi connectivity index (χ3v) is 2.05. The van der Waals surface area contributed by atoms with Crippen molar-refractivity contribution in [2.45, 2.75) is 33.4 Å². The van der Waals surface area contributed by atoms with Crippen LogP contribution in [0.3, 0.4) is 0 Å². The van der Waals surface area contributed by atoms with Crippen LogP contribution in [0.25, 0.3) is 0 Å². The molecule has 2 rings (SSSR count). The molecule has 1 aliphatic heterocycles. The van der Waals surface area contributed by atoms with Gasteiger partial charge in [0.2, 0.25) is 0 Å². The van der Waals surface area contributed by atoms with Crippen LogP contribution in [-0.4, -0.2) is 35.7 Å². The highest BCUT2D eigenvalue weighted by Gasteiger charge is 2.14. The van der Waals surface area contributed by atoms with Gasteiger partial charge in [-0.25, -0.2) is 0 Å². The topological polar surface area (TPSA) is 36.3 Å². The van der Waals surface area contributed by atoms with Crippen molar-refractivity contribution in [1.82, 2.24) is 9.78 Å². The van der Waals surface area contributed by atoms with E-state index in [1.165, 1.54) is 0 Å². The zero-order valence-electron chi connectivity index (χ0n) is 9.77. The van der Waals surface area contributed by atoms with Crippen LogP contribution in [0.5, 0.6) is 0 Å². The van der Waals surface area contributed by atoms with Crippen LogP contribution in [0.1, 0.15) is 19.5 Å². The molecule has 0 radical (unpaired) electrons. The minimum Gasteiger partial charge on any atom is -0.376 e. The summed E-state index contributed by atoms with van der Waals surface area (Å²) in [6, 6.07) is 1.99. The van der Waals surface area contributed by atoms with E-state index in [2.05, 4.69) is 5.10 Å². The summed E-state index contributed by atoms with van der Waals surface area (Å²) in [4.78, 5) is 0. The average molecular weight is 212 g/mol. The van der Waals surface area contributed by atoms with Crippen molar-refractivity contribution in [2.75, 3.05) is 19.8 Å². The molecule has 0 saturated carbocycles. The summed E-state index contributed by atoms with van der Waals surface area (Å²) >= 11 is 0. The van der Waals surface area contributed by atoms with Crippen molar-refractivity contribution in [2.24, 2.45) is 0 Å². The Morgan fingerprint density at radius 3 is 2.80 bits per heavy atom. The van der Waals surface area contributed by atoms with E-state index in [9.17, 15) is 0 Å². The molecule has 0 spiro atoms. The van der Waals surface area contributed by atoms with Crippen LogP contribution in [0, 0.1) is 6.92 Å². The number of rotatable bonds is 2. The van der Waals surface area contributed by atoms with E-state index in [1.54, 1.807) is 0 Å². The van der Waals surface area contributed by atoms with E-state index in [0.29, 0.717) is 19.8 Å². The van der Waals surface area contributed by atoms with E-state index < -0.39 is 0 Å². The SMILES string of the molecule is CC.Cc1ccn(CC2COCCO2)n1. The fourth-order valence-electron chi connectivity index (χ4n) is 1.42. The van der Waals surface area contributed by atoms with Crippen molar-refractivity contribution in [3.8, 4) is 0 Å². The minimum absolute atomic E-state index is 0.160. The molecule has 0 aliphatic carbocycles. The second kappa shape index (κ2) is 6.58. The Balaban J connectivity index is 0.000000531. The summed E-state index contributed by atoms with van der Waals surface area (Å²) < 4.78 is 12.7. The molecule has 4 heteroatoms. The molecule has 1 aromatic heterocycles. The maximum absolute atomic E-state index is 5.51. The first-order valence-electron chi connectivity index (χ1n) is 5.54. The summed E-state index contributed by atoms with van der Waals surface area (Å²) in [6.07, 6.45) is 2.13. The third kappa shape index (κ3) is 4.01. The Morgan fingerprint density at radius 2 is 2.27 bits per heavy atom. The molecule has 1 atom stereocenters. The predicted octanol–water partition coefficient (Wildman–Crippen LogP) is 1.63. The zero-order valence-corrected chi connectivity index (χ0v) is 9.77. The van der Waals surface area contributed by atoms with Crippen molar-refractivity contribution in [3.05, 3.63) is 18.0 Å². The standard InChI is InChI=1S/C9H14N2O2.C2H6/c1-8-2-3-11(10-8)6-9-7-12-4-5-13-9;1-2/h2-3,9H,4-7H2,1H3;1-2H3. The number of ether oxygens (including phenoxy) is 2. The smallest absolute Gasteiger partial charge is 0.100 e. The number of hydrogen-bond donors (Lipinski definition) is 0. The lowest BCUT2D eigenvalue weighted by molar-refractivity contribution is -0.0946. The van der Waals surface area contributed by atoms with Gasteiger partial charge in [-0.05, 0) is 13.0 Å². The molecule has 0 aromatic carbocycles. The first-order valence-corrected chi connectivity index (χ1v) is 5.54. The molecule has 2 heterocycles. The average Bonchev–Trinajstić information content (AvgIpc) is 2.68. The molecule has 4 nitrogen and oxygen atoms in total. The van der Waals surface area contributed by atoms with E-state index in [0.717, 1.165) is 12.2 Å². The second-order valence-corrected chi connectivity index (χ2v) is 3.25. The molecule has 0 bridgehead atoms. The number of aromatic nitrogens is 2. The first-order chi connectivity index (χ1) is 7.34. The summed E-state index contributed by atoms with van der Waals surface area (Å²) in [5.41, 5.74) is 1.04. The van der Waals surface area contributed by atoms with Crippen LogP contribution in [0.15, 0.2) is 12.3 Å². The maximum Gasteiger partial charge on any atom is 0.100 e. The van der Waals surface area contributed by atoms with Crippen LogP contribution >= 0.6 is 0 Å². The van der Waals surface area contributed by atoms with Crippen LogP contribution < -0.4 is 0 Å². The summed E-state index contributed by atoms with van der Waals surface area (Å²) in [5, 5.41) is 4.29. The Bertz CT molecular complexity index is 267. The van der Waals surface area contributed by atoms with Gasteiger partial charge < -0.3 is 9.47 Å². The Kier molecular flexibility index (Phi) is 5.36. The summed E-state index contributed by atoms with van der Waals surface area (Å²) in [7, 11) is 0. The highest BCUT2D eigenvalue weighted by Crippen LogP contribution is 2.04. The molecular weight excluding hydrogens is 192 g/mol. The lowest BCUT2D eigenvalue weighted by Gasteiger charge is -2.22. The first kappa shape index (κ1) is 12.2. The van der Waals surface area contributed by atoms with E-state index in [4.69, 9.17) is 9.47 Å². The molecule has 86 valence electrons. The van der Waals surface area contributed by atoms with Crippen LogP contribution in [-0.2, 0) is 16.0 Å². The van der Waals surface area contributed by atoms with E-state index >= 15 is 0 Å². The lowest BCUT2D eigenvalue weighted by atomic mass is 10.3. The molecule has 1 unspecified atom stereocenters. The Labute approximate surface area is 91.2 Å². The predicted molar refractivity (Wildman–Crippen MR) is 58.9 cm³/mol. The highest BCUT2D eigenvalue weighted by molar-refractivity contribution is 4.94. The lowest BCUT2D eigenvalue weighted by Crippen LogP contribution is -2.32. The van der Waals surface area contributed by atoms with Crippen molar-refractivity contribution < 1.29 is 9.47 Å². The Hall–Kier alpha value is -0.870. The van der Waals surface area contributed by atoms with E-state index in [1.807, 2.05) is 37.7 Å². The maximum atomic E-state index is 5.51. The van der Waals surface area contributed by atoms with Gasteiger partial charge in [0, 0.05) is 6.20 Å². The number of hydrogen-bond acceptors (Lipinski definition) is 3. The Morgan fingerprint density at radius 1 is 1.47 bits per heavy atom. The van der Waals surface area contributed by atoms with Gasteiger partial charge in [-0.1, -0.05) is 13.8 Å². The van der Waals surface area contributed by atoms with Crippen LogP contribution in [0.4, 0.5) is 0 Å². The van der Waals surface area contributed by atoms with Crippen LogP contribution in [0.2, 0.25) is 0 Å². The molecular formula is C11H20N2O2. The van der Waals surface area contributed by atoms with Gasteiger partial charge in [-0.2, -0.15) is 5.10 Å². The van der Waals surface area contributed by atoms with Crippen molar-refractivity contribution >= 4 is 0 Å². The molecule has 1 saturated heterocycles. The normalized spacial score (nSPS) is 20.6. The van der Waals surface area contributed by atoms with Gasteiger partial charge in [0.1, 0.15) is 6.10 Å². The largest absolute Gasteiger partial charge is 0.376 e. The second-order valence-electron chi connectivity index (χ2n) is 3.25. The molecule has 1 aliphatic rings. The molecule has 1 fully saturated rings. The summed E-state index contributed by atoms with van der Waals surface area (Å²) in [6.45, 7) is 8.86. The molecule has 15 heavy (non-hydrogen) atoms. The van der Waals surface area contributed by atoms with Crippen molar-refractivity contribution in [1.29, 1.82) is 0 Å². The molecule has 1 aromatic rings. The fraction of sp³-hybridized carbons (Fsp3) is 0.727. The van der Waals surface area contributed by atoms with Gasteiger partial charge in [0.25, 0.3) is 0 Å². The number of aryl methyl sites for hydroxylation is 1. The van der Waals surface area contributed by atoms with Gasteiger partial charge in [-0.15, -0.1) is 0 Å². The van der Waals surface area contributed by atoms with Gasteiger partial charge in [-0.3, -0.25) is 4.68 Å². The van der Waals surface area contributed by atoms with E-state index in [-0.39, 0.29) is 6.10 Å². The van der Waals surface area contributed by atoms with Gasteiger partial charge in [0.05, 0.1) is 32.1 Å². The molecule has 0 N–H and O–H groups in total.